The van der Waals surface area contributed by atoms with E-state index in [1.54, 1.807) is 12.1 Å². The quantitative estimate of drug-likeness (QED) is 0.915. The third-order valence-electron chi connectivity index (χ3n) is 2.78. The minimum atomic E-state index is -0.451. The van der Waals surface area contributed by atoms with Gasteiger partial charge in [0.15, 0.2) is 5.82 Å². The average molecular weight is 284 g/mol. The molecule has 0 bridgehead atoms. The van der Waals surface area contributed by atoms with E-state index in [4.69, 9.17) is 21.9 Å². The van der Waals surface area contributed by atoms with E-state index in [0.717, 1.165) is 12.8 Å². The maximum Gasteiger partial charge on any atom is 0.243 e. The number of aromatic nitrogens is 2. The van der Waals surface area contributed by atoms with Crippen LogP contribution in [0, 0.1) is 5.82 Å². The SMILES string of the molecule is CCC[C@@H](N)c1nc(Cc2cccc(Cl)c2F)no1. The Kier molecular flexibility index (Phi) is 4.50. The first-order chi connectivity index (χ1) is 9.11. The molecule has 0 aliphatic rings. The summed E-state index contributed by atoms with van der Waals surface area (Å²) in [7, 11) is 0. The normalized spacial score (nSPS) is 12.6. The summed E-state index contributed by atoms with van der Waals surface area (Å²) in [6, 6.07) is 4.56. The second kappa shape index (κ2) is 6.12. The van der Waals surface area contributed by atoms with Crippen LogP contribution in [0.15, 0.2) is 22.7 Å². The summed E-state index contributed by atoms with van der Waals surface area (Å²) in [6.07, 6.45) is 1.93. The average Bonchev–Trinajstić information content (AvgIpc) is 2.84. The Morgan fingerprint density at radius 2 is 2.26 bits per heavy atom. The number of hydrogen-bond acceptors (Lipinski definition) is 4. The Balaban J connectivity index is 2.14. The van der Waals surface area contributed by atoms with Gasteiger partial charge in [0.25, 0.3) is 0 Å². The van der Waals surface area contributed by atoms with Crippen molar-refractivity contribution in [2.24, 2.45) is 5.73 Å². The van der Waals surface area contributed by atoms with Gasteiger partial charge in [-0.25, -0.2) is 4.39 Å². The van der Waals surface area contributed by atoms with Crippen molar-refractivity contribution >= 4 is 11.6 Å². The van der Waals surface area contributed by atoms with Crippen LogP contribution in [0.2, 0.25) is 5.02 Å². The van der Waals surface area contributed by atoms with E-state index < -0.39 is 5.82 Å². The number of benzene rings is 1. The zero-order valence-corrected chi connectivity index (χ0v) is 11.3. The fourth-order valence-corrected chi connectivity index (χ4v) is 1.97. The van der Waals surface area contributed by atoms with Crippen LogP contribution >= 0.6 is 11.6 Å². The Bertz CT molecular complexity index is 559. The second-order valence-electron chi connectivity index (χ2n) is 4.33. The highest BCUT2D eigenvalue weighted by Gasteiger charge is 2.15. The molecule has 1 heterocycles. The van der Waals surface area contributed by atoms with E-state index in [2.05, 4.69) is 10.1 Å². The molecule has 1 aromatic carbocycles. The molecule has 1 atom stereocenters. The molecule has 0 unspecified atom stereocenters. The Hall–Kier alpha value is -1.46. The standard InChI is InChI=1S/C13H15ClFN3O/c1-2-4-10(16)13-17-11(18-19-13)7-8-5-3-6-9(14)12(8)15/h3,5-6,10H,2,4,7,16H2,1H3/t10-/m1/s1. The van der Waals surface area contributed by atoms with Crippen LogP contribution < -0.4 is 5.73 Å². The summed E-state index contributed by atoms with van der Waals surface area (Å²) < 4.78 is 18.8. The molecule has 2 N–H and O–H groups in total. The van der Waals surface area contributed by atoms with Crippen molar-refractivity contribution in [3.63, 3.8) is 0 Å². The molecule has 0 aliphatic heterocycles. The van der Waals surface area contributed by atoms with Gasteiger partial charge < -0.3 is 10.3 Å². The first-order valence-electron chi connectivity index (χ1n) is 6.12. The number of nitrogens with two attached hydrogens (primary N) is 1. The van der Waals surface area contributed by atoms with E-state index in [1.807, 2.05) is 6.92 Å². The van der Waals surface area contributed by atoms with Crippen molar-refractivity contribution in [1.29, 1.82) is 0 Å². The molecule has 0 aliphatic carbocycles. The Morgan fingerprint density at radius 3 is 3.00 bits per heavy atom. The highest BCUT2D eigenvalue weighted by atomic mass is 35.5. The molecule has 0 saturated heterocycles. The molecule has 2 rings (SSSR count). The number of hydrogen-bond donors (Lipinski definition) is 1. The molecule has 4 nitrogen and oxygen atoms in total. The molecule has 0 saturated carbocycles. The van der Waals surface area contributed by atoms with Crippen molar-refractivity contribution in [2.75, 3.05) is 0 Å². The first kappa shape index (κ1) is 14.0. The molecule has 1 aromatic heterocycles. The van der Waals surface area contributed by atoms with Gasteiger partial charge in [0.2, 0.25) is 5.89 Å². The van der Waals surface area contributed by atoms with Gasteiger partial charge in [0.1, 0.15) is 5.82 Å². The topological polar surface area (TPSA) is 64.9 Å². The number of nitrogens with zero attached hydrogens (tertiary/aromatic N) is 2. The first-order valence-corrected chi connectivity index (χ1v) is 6.50. The van der Waals surface area contributed by atoms with Crippen LogP contribution in [0.3, 0.4) is 0 Å². The van der Waals surface area contributed by atoms with Crippen LogP contribution in [-0.4, -0.2) is 10.1 Å². The third kappa shape index (κ3) is 3.30. The molecule has 19 heavy (non-hydrogen) atoms. The molecular weight excluding hydrogens is 269 g/mol. The van der Waals surface area contributed by atoms with Gasteiger partial charge in [-0.05, 0) is 18.1 Å². The predicted octanol–water partition coefficient (Wildman–Crippen LogP) is 3.25. The van der Waals surface area contributed by atoms with Gasteiger partial charge in [-0.1, -0.05) is 42.2 Å². The highest BCUT2D eigenvalue weighted by Crippen LogP contribution is 2.20. The smallest absolute Gasteiger partial charge is 0.243 e. The van der Waals surface area contributed by atoms with E-state index in [9.17, 15) is 4.39 Å². The largest absolute Gasteiger partial charge is 0.338 e. The van der Waals surface area contributed by atoms with Gasteiger partial charge in [0.05, 0.1) is 11.1 Å². The monoisotopic (exact) mass is 283 g/mol. The van der Waals surface area contributed by atoms with Gasteiger partial charge in [-0.3, -0.25) is 0 Å². The Labute approximate surface area is 115 Å². The highest BCUT2D eigenvalue weighted by molar-refractivity contribution is 6.30. The molecule has 0 radical (unpaired) electrons. The van der Waals surface area contributed by atoms with Gasteiger partial charge in [0, 0.05) is 6.42 Å². The lowest BCUT2D eigenvalue weighted by molar-refractivity contribution is 0.344. The van der Waals surface area contributed by atoms with E-state index in [0.29, 0.717) is 17.3 Å². The maximum atomic E-state index is 13.7. The van der Waals surface area contributed by atoms with E-state index >= 15 is 0 Å². The van der Waals surface area contributed by atoms with Crippen molar-refractivity contribution in [2.45, 2.75) is 32.2 Å². The van der Waals surface area contributed by atoms with Crippen LogP contribution in [0.25, 0.3) is 0 Å². The minimum absolute atomic E-state index is 0.0869. The third-order valence-corrected chi connectivity index (χ3v) is 3.07. The summed E-state index contributed by atoms with van der Waals surface area (Å²) in [4.78, 5) is 4.18. The zero-order valence-electron chi connectivity index (χ0n) is 10.6. The summed E-state index contributed by atoms with van der Waals surface area (Å²) >= 11 is 5.72. The van der Waals surface area contributed by atoms with Crippen LogP contribution in [0.4, 0.5) is 4.39 Å². The number of rotatable bonds is 5. The lowest BCUT2D eigenvalue weighted by Gasteiger charge is -2.02. The second-order valence-corrected chi connectivity index (χ2v) is 4.74. The van der Waals surface area contributed by atoms with Gasteiger partial charge in [-0.15, -0.1) is 0 Å². The molecule has 2 aromatic rings. The summed E-state index contributed by atoms with van der Waals surface area (Å²) in [5.41, 5.74) is 6.31. The number of halogens is 2. The summed E-state index contributed by atoms with van der Waals surface area (Å²) in [6.45, 7) is 2.03. The van der Waals surface area contributed by atoms with Crippen molar-refractivity contribution in [3.8, 4) is 0 Å². The molecular formula is C13H15ClFN3O. The molecule has 0 amide bonds. The van der Waals surface area contributed by atoms with Gasteiger partial charge >= 0.3 is 0 Å². The zero-order chi connectivity index (χ0) is 13.8. The van der Waals surface area contributed by atoms with Crippen LogP contribution in [0.5, 0.6) is 0 Å². The fourth-order valence-electron chi connectivity index (χ4n) is 1.78. The van der Waals surface area contributed by atoms with Crippen molar-refractivity contribution < 1.29 is 8.91 Å². The minimum Gasteiger partial charge on any atom is -0.338 e. The van der Waals surface area contributed by atoms with Crippen molar-refractivity contribution in [1.82, 2.24) is 10.1 Å². The molecule has 102 valence electrons. The van der Waals surface area contributed by atoms with Crippen LogP contribution in [0.1, 0.15) is 43.1 Å². The maximum absolute atomic E-state index is 13.7. The lowest BCUT2D eigenvalue weighted by Crippen LogP contribution is -2.10. The predicted molar refractivity (Wildman–Crippen MR) is 70.4 cm³/mol. The molecule has 0 fully saturated rings. The van der Waals surface area contributed by atoms with Gasteiger partial charge in [-0.2, -0.15) is 4.98 Å². The fraction of sp³-hybridized carbons (Fsp3) is 0.385. The summed E-state index contributed by atoms with van der Waals surface area (Å²) in [5, 5.41) is 3.90. The van der Waals surface area contributed by atoms with E-state index in [-0.39, 0.29) is 17.5 Å². The van der Waals surface area contributed by atoms with Crippen molar-refractivity contribution in [3.05, 3.63) is 46.3 Å². The Morgan fingerprint density at radius 1 is 1.47 bits per heavy atom. The van der Waals surface area contributed by atoms with E-state index in [1.165, 1.54) is 6.07 Å². The molecule has 6 heteroatoms. The van der Waals surface area contributed by atoms with Crippen LogP contribution in [-0.2, 0) is 6.42 Å². The summed E-state index contributed by atoms with van der Waals surface area (Å²) in [5.74, 6) is 0.343. The lowest BCUT2D eigenvalue weighted by atomic mass is 10.1. The molecule has 0 spiro atoms.